The van der Waals surface area contributed by atoms with Crippen LogP contribution in [0.25, 0.3) is 22.2 Å². The fourth-order valence-corrected chi connectivity index (χ4v) is 3.62. The van der Waals surface area contributed by atoms with E-state index in [9.17, 15) is 9.18 Å². The lowest BCUT2D eigenvalue weighted by molar-refractivity contribution is -0.120. The highest BCUT2D eigenvalue weighted by Crippen LogP contribution is 2.22. The molecule has 0 aliphatic carbocycles. The van der Waals surface area contributed by atoms with Gasteiger partial charge in [-0.05, 0) is 88.0 Å². The van der Waals surface area contributed by atoms with Crippen LogP contribution in [0.3, 0.4) is 0 Å². The van der Waals surface area contributed by atoms with E-state index in [2.05, 4.69) is 20.5 Å². The molecule has 0 saturated heterocycles. The normalized spacial score (nSPS) is 12.2. The number of carbonyl (C=O) groups excluding carboxylic acids is 1. The summed E-state index contributed by atoms with van der Waals surface area (Å²) in [5.41, 5.74) is 4.31. The third-order valence-corrected chi connectivity index (χ3v) is 5.67. The van der Waals surface area contributed by atoms with Crippen molar-refractivity contribution in [2.45, 2.75) is 25.8 Å². The number of aryl methyl sites for hydroxylation is 1. The Labute approximate surface area is 186 Å². The molecule has 0 aliphatic rings. The van der Waals surface area contributed by atoms with Crippen molar-refractivity contribution in [2.75, 3.05) is 18.9 Å². The summed E-state index contributed by atoms with van der Waals surface area (Å²) < 4.78 is 13.1. The van der Waals surface area contributed by atoms with Gasteiger partial charge in [0.2, 0.25) is 5.91 Å². The molecule has 2 N–H and O–H groups in total. The Morgan fingerprint density at radius 2 is 1.97 bits per heavy atom. The van der Waals surface area contributed by atoms with E-state index in [1.807, 2.05) is 55.3 Å². The number of amides is 1. The van der Waals surface area contributed by atoms with Gasteiger partial charge in [-0.15, -0.1) is 0 Å². The molecule has 4 rings (SSSR count). The van der Waals surface area contributed by atoms with Gasteiger partial charge in [0.15, 0.2) is 0 Å². The molecule has 0 bridgehead atoms. The van der Waals surface area contributed by atoms with Crippen molar-refractivity contribution in [3.05, 3.63) is 78.4 Å². The zero-order chi connectivity index (χ0) is 22.5. The van der Waals surface area contributed by atoms with Gasteiger partial charge in [-0.3, -0.25) is 19.8 Å². The van der Waals surface area contributed by atoms with Crippen LogP contribution < -0.4 is 5.32 Å². The largest absolute Gasteiger partial charge is 0.324 e. The summed E-state index contributed by atoms with van der Waals surface area (Å²) >= 11 is 0. The lowest BCUT2D eigenvalue weighted by Gasteiger charge is -2.24. The van der Waals surface area contributed by atoms with Crippen molar-refractivity contribution >= 4 is 22.5 Å². The standard InChI is InChI=1S/C25H26FN5O/c1-17(25(32)28-23-9-3-8-22-21(23)7-4-14-27-22)31(2)15-5-6-20-16-24(30-29-20)18-10-12-19(26)13-11-18/h3-4,7-14,16-17H,5-6,15H2,1-2H3,(H,28,32)(H,29,30). The molecule has 164 valence electrons. The summed E-state index contributed by atoms with van der Waals surface area (Å²) in [5.74, 6) is -0.313. The molecule has 32 heavy (non-hydrogen) atoms. The number of nitrogens with one attached hydrogen (secondary N) is 2. The van der Waals surface area contributed by atoms with E-state index in [0.717, 1.165) is 52.9 Å². The summed E-state index contributed by atoms with van der Waals surface area (Å²) in [6.07, 6.45) is 3.42. The maximum Gasteiger partial charge on any atom is 0.241 e. The Morgan fingerprint density at radius 1 is 1.16 bits per heavy atom. The number of benzene rings is 2. The number of aromatic nitrogens is 3. The molecule has 0 spiro atoms. The third kappa shape index (κ3) is 5.00. The van der Waals surface area contributed by atoms with Crippen molar-refractivity contribution in [3.63, 3.8) is 0 Å². The van der Waals surface area contributed by atoms with Crippen LogP contribution in [0.4, 0.5) is 10.1 Å². The minimum atomic E-state index is -0.279. The van der Waals surface area contributed by atoms with E-state index < -0.39 is 0 Å². The number of H-pyrrole nitrogens is 1. The zero-order valence-corrected chi connectivity index (χ0v) is 18.2. The average Bonchev–Trinajstić information content (AvgIpc) is 3.28. The van der Waals surface area contributed by atoms with Gasteiger partial charge in [0.25, 0.3) is 0 Å². The van der Waals surface area contributed by atoms with E-state index in [4.69, 9.17) is 0 Å². The van der Waals surface area contributed by atoms with Gasteiger partial charge in [0.1, 0.15) is 5.82 Å². The highest BCUT2D eigenvalue weighted by atomic mass is 19.1. The Bertz CT molecular complexity index is 1200. The molecule has 2 aromatic heterocycles. The molecule has 4 aromatic rings. The molecule has 1 unspecified atom stereocenters. The number of rotatable bonds is 8. The summed E-state index contributed by atoms with van der Waals surface area (Å²) in [7, 11) is 1.95. The number of carbonyl (C=O) groups is 1. The monoisotopic (exact) mass is 431 g/mol. The number of likely N-dealkylation sites (N-methyl/N-ethyl adjacent to an activating group) is 1. The van der Waals surface area contributed by atoms with Gasteiger partial charge in [0, 0.05) is 22.8 Å². The lowest BCUT2D eigenvalue weighted by atomic mass is 10.1. The zero-order valence-electron chi connectivity index (χ0n) is 18.2. The average molecular weight is 432 g/mol. The molecule has 1 amide bonds. The van der Waals surface area contributed by atoms with Crippen molar-refractivity contribution in [2.24, 2.45) is 0 Å². The van der Waals surface area contributed by atoms with Crippen LogP contribution in [-0.4, -0.2) is 45.6 Å². The number of fused-ring (bicyclic) bond motifs is 1. The number of anilines is 1. The van der Waals surface area contributed by atoms with Crippen molar-refractivity contribution in [3.8, 4) is 11.3 Å². The van der Waals surface area contributed by atoms with Gasteiger partial charge < -0.3 is 5.32 Å². The van der Waals surface area contributed by atoms with Crippen molar-refractivity contribution < 1.29 is 9.18 Å². The first-order valence-corrected chi connectivity index (χ1v) is 10.7. The quantitative estimate of drug-likeness (QED) is 0.426. The highest BCUT2D eigenvalue weighted by Gasteiger charge is 2.18. The molecule has 0 fully saturated rings. The third-order valence-electron chi connectivity index (χ3n) is 5.67. The number of hydrogen-bond donors (Lipinski definition) is 2. The Balaban J connectivity index is 1.29. The predicted molar refractivity (Wildman–Crippen MR) is 125 cm³/mol. The Kier molecular flexibility index (Phi) is 6.56. The highest BCUT2D eigenvalue weighted by molar-refractivity contribution is 6.02. The number of hydrogen-bond acceptors (Lipinski definition) is 4. The van der Waals surface area contributed by atoms with E-state index in [1.54, 1.807) is 18.3 Å². The molecule has 0 radical (unpaired) electrons. The first-order valence-electron chi connectivity index (χ1n) is 10.7. The second-order valence-corrected chi connectivity index (χ2v) is 7.91. The Morgan fingerprint density at radius 3 is 2.78 bits per heavy atom. The maximum atomic E-state index is 13.1. The van der Waals surface area contributed by atoms with Crippen molar-refractivity contribution in [1.82, 2.24) is 20.1 Å². The molecule has 2 heterocycles. The predicted octanol–water partition coefficient (Wildman–Crippen LogP) is 4.66. The molecule has 0 aliphatic heterocycles. The van der Waals surface area contributed by atoms with Crippen LogP contribution in [0.1, 0.15) is 19.0 Å². The van der Waals surface area contributed by atoms with E-state index in [1.165, 1.54) is 12.1 Å². The lowest BCUT2D eigenvalue weighted by Crippen LogP contribution is -2.40. The summed E-state index contributed by atoms with van der Waals surface area (Å²) in [6, 6.07) is 17.5. The summed E-state index contributed by atoms with van der Waals surface area (Å²) in [4.78, 5) is 19.2. The molecule has 1 atom stereocenters. The fourth-order valence-electron chi connectivity index (χ4n) is 3.62. The van der Waals surface area contributed by atoms with Crippen LogP contribution >= 0.6 is 0 Å². The number of aromatic amines is 1. The molecule has 2 aromatic carbocycles. The van der Waals surface area contributed by atoms with Crippen LogP contribution in [0.15, 0.2) is 66.9 Å². The summed E-state index contributed by atoms with van der Waals surface area (Å²) in [5, 5.41) is 11.3. The topological polar surface area (TPSA) is 73.9 Å². The molecular weight excluding hydrogens is 405 g/mol. The van der Waals surface area contributed by atoms with Crippen LogP contribution in [0.2, 0.25) is 0 Å². The van der Waals surface area contributed by atoms with Crippen LogP contribution in [-0.2, 0) is 11.2 Å². The van der Waals surface area contributed by atoms with Crippen LogP contribution in [0.5, 0.6) is 0 Å². The van der Waals surface area contributed by atoms with Gasteiger partial charge in [-0.1, -0.05) is 6.07 Å². The van der Waals surface area contributed by atoms with E-state index >= 15 is 0 Å². The molecular formula is C25H26FN5O. The fraction of sp³-hybridized carbons (Fsp3) is 0.240. The van der Waals surface area contributed by atoms with Gasteiger partial charge in [-0.2, -0.15) is 5.10 Å². The van der Waals surface area contributed by atoms with Gasteiger partial charge in [-0.25, -0.2) is 4.39 Å². The SMILES string of the molecule is CC(C(=O)Nc1cccc2ncccc12)N(C)CCCc1cc(-c2ccc(F)cc2)n[nH]1. The van der Waals surface area contributed by atoms with Crippen LogP contribution in [0, 0.1) is 5.82 Å². The smallest absolute Gasteiger partial charge is 0.241 e. The summed E-state index contributed by atoms with van der Waals surface area (Å²) in [6.45, 7) is 2.66. The van der Waals surface area contributed by atoms with Gasteiger partial charge >= 0.3 is 0 Å². The second kappa shape index (κ2) is 9.70. The molecule has 7 heteroatoms. The molecule has 0 saturated carbocycles. The first kappa shape index (κ1) is 21.6. The maximum absolute atomic E-state index is 13.1. The van der Waals surface area contributed by atoms with Gasteiger partial charge in [0.05, 0.1) is 22.9 Å². The van der Waals surface area contributed by atoms with Crippen molar-refractivity contribution in [1.29, 1.82) is 0 Å². The minimum absolute atomic E-state index is 0.0519. The molecule has 6 nitrogen and oxygen atoms in total. The van der Waals surface area contributed by atoms with E-state index in [0.29, 0.717) is 0 Å². The van der Waals surface area contributed by atoms with E-state index in [-0.39, 0.29) is 17.8 Å². The number of nitrogens with zero attached hydrogens (tertiary/aromatic N) is 3. The number of pyridine rings is 1. The minimum Gasteiger partial charge on any atom is -0.324 e. The Hall–Kier alpha value is -3.58. The first-order chi connectivity index (χ1) is 15.5. The number of halogens is 1. The second-order valence-electron chi connectivity index (χ2n) is 7.91.